The number of rotatable bonds is 8. The molecule has 3 fully saturated rings. The van der Waals surface area contributed by atoms with Crippen molar-refractivity contribution in [1.82, 2.24) is 20.1 Å². The summed E-state index contributed by atoms with van der Waals surface area (Å²) in [5.41, 5.74) is 0.931. The standard InChI is InChI=1S/C22H32N4O3/c27-21(12-18-2-1-7-23-14-18)24-15-20-6-5-19(26(20)16-17-3-4-17)13-22(28)25-8-10-29-11-9-25/h1-2,7,14,17,19-20H,3-6,8-13,15-16H2,(H,24,27)/t19-,20+/m1/s1. The molecule has 0 unspecified atom stereocenters. The Morgan fingerprint density at radius 2 is 1.93 bits per heavy atom. The predicted molar refractivity (Wildman–Crippen MR) is 109 cm³/mol. The van der Waals surface area contributed by atoms with Crippen molar-refractivity contribution >= 4 is 11.8 Å². The van der Waals surface area contributed by atoms with Gasteiger partial charge in [0.1, 0.15) is 0 Å². The molecule has 1 aliphatic carbocycles. The first-order valence-electron chi connectivity index (χ1n) is 11.0. The van der Waals surface area contributed by atoms with Gasteiger partial charge in [0.25, 0.3) is 0 Å². The molecule has 2 atom stereocenters. The molecule has 0 aromatic carbocycles. The van der Waals surface area contributed by atoms with Gasteiger partial charge in [0, 0.05) is 57.1 Å². The number of aromatic nitrogens is 1. The number of nitrogens with one attached hydrogen (secondary N) is 1. The first kappa shape index (κ1) is 20.3. The predicted octanol–water partition coefficient (Wildman–Crippen LogP) is 1.23. The van der Waals surface area contributed by atoms with E-state index < -0.39 is 0 Å². The summed E-state index contributed by atoms with van der Waals surface area (Å²) in [6, 6.07) is 4.41. The van der Waals surface area contributed by atoms with Crippen LogP contribution in [0.1, 0.15) is 37.7 Å². The number of amides is 2. The summed E-state index contributed by atoms with van der Waals surface area (Å²) >= 11 is 0. The van der Waals surface area contributed by atoms with E-state index in [0.29, 0.717) is 57.8 Å². The molecule has 7 heteroatoms. The first-order valence-corrected chi connectivity index (χ1v) is 11.0. The molecule has 0 spiro atoms. The van der Waals surface area contributed by atoms with Crippen molar-refractivity contribution in [2.75, 3.05) is 39.4 Å². The Labute approximate surface area is 172 Å². The normalized spacial score (nSPS) is 25.2. The lowest BCUT2D eigenvalue weighted by molar-refractivity contribution is -0.136. The van der Waals surface area contributed by atoms with E-state index in [1.165, 1.54) is 12.8 Å². The van der Waals surface area contributed by atoms with Crippen molar-refractivity contribution in [2.45, 2.75) is 50.6 Å². The van der Waals surface area contributed by atoms with Gasteiger partial charge in [0.15, 0.2) is 0 Å². The molecular formula is C22H32N4O3. The van der Waals surface area contributed by atoms with Crippen LogP contribution in [0.25, 0.3) is 0 Å². The van der Waals surface area contributed by atoms with Gasteiger partial charge in [0.2, 0.25) is 11.8 Å². The minimum absolute atomic E-state index is 0.0391. The van der Waals surface area contributed by atoms with E-state index in [9.17, 15) is 9.59 Å². The van der Waals surface area contributed by atoms with E-state index in [4.69, 9.17) is 4.74 Å². The minimum Gasteiger partial charge on any atom is -0.378 e. The third-order valence-electron chi connectivity index (χ3n) is 6.33. The molecule has 3 heterocycles. The smallest absolute Gasteiger partial charge is 0.224 e. The molecule has 158 valence electrons. The number of morpholine rings is 1. The second kappa shape index (κ2) is 9.67. The topological polar surface area (TPSA) is 74.8 Å². The summed E-state index contributed by atoms with van der Waals surface area (Å²) in [7, 11) is 0. The van der Waals surface area contributed by atoms with Crippen molar-refractivity contribution in [3.63, 3.8) is 0 Å². The summed E-state index contributed by atoms with van der Waals surface area (Å²) < 4.78 is 5.37. The van der Waals surface area contributed by atoms with Gasteiger partial charge >= 0.3 is 0 Å². The Kier molecular flexibility index (Phi) is 6.77. The number of hydrogen-bond acceptors (Lipinski definition) is 5. The van der Waals surface area contributed by atoms with Gasteiger partial charge in [0.05, 0.1) is 19.6 Å². The van der Waals surface area contributed by atoms with Crippen LogP contribution in [0.2, 0.25) is 0 Å². The largest absolute Gasteiger partial charge is 0.378 e. The Morgan fingerprint density at radius 3 is 2.66 bits per heavy atom. The average Bonchev–Trinajstić information content (AvgIpc) is 3.49. The number of carbonyl (C=O) groups is 2. The lowest BCUT2D eigenvalue weighted by Crippen LogP contribution is -2.47. The third-order valence-corrected chi connectivity index (χ3v) is 6.33. The molecular weight excluding hydrogens is 368 g/mol. The second-order valence-electron chi connectivity index (χ2n) is 8.56. The lowest BCUT2D eigenvalue weighted by atomic mass is 10.1. The molecule has 29 heavy (non-hydrogen) atoms. The molecule has 1 aromatic rings. The number of pyridine rings is 1. The summed E-state index contributed by atoms with van der Waals surface area (Å²) in [6.45, 7) is 4.43. The van der Waals surface area contributed by atoms with Gasteiger partial charge in [-0.1, -0.05) is 6.07 Å². The van der Waals surface area contributed by atoms with Gasteiger partial charge in [-0.15, -0.1) is 0 Å². The Bertz CT molecular complexity index is 689. The molecule has 1 N–H and O–H groups in total. The van der Waals surface area contributed by atoms with E-state index in [0.717, 1.165) is 30.9 Å². The molecule has 0 radical (unpaired) electrons. The Morgan fingerprint density at radius 1 is 1.14 bits per heavy atom. The van der Waals surface area contributed by atoms with Crippen molar-refractivity contribution in [1.29, 1.82) is 0 Å². The van der Waals surface area contributed by atoms with Crippen molar-refractivity contribution in [3.8, 4) is 0 Å². The van der Waals surface area contributed by atoms with Crippen LogP contribution in [0.15, 0.2) is 24.5 Å². The SMILES string of the molecule is O=C(Cc1cccnc1)NC[C@@H]1CC[C@H](CC(=O)N2CCOCC2)N1CC1CC1. The van der Waals surface area contributed by atoms with Gasteiger partial charge in [-0.05, 0) is 43.2 Å². The maximum absolute atomic E-state index is 12.7. The fraction of sp³-hybridized carbons (Fsp3) is 0.682. The van der Waals surface area contributed by atoms with Crippen molar-refractivity contribution in [3.05, 3.63) is 30.1 Å². The molecule has 1 saturated carbocycles. The zero-order valence-corrected chi connectivity index (χ0v) is 17.1. The summed E-state index contributed by atoms with van der Waals surface area (Å²) in [6.07, 6.45) is 9.07. The zero-order chi connectivity index (χ0) is 20.1. The zero-order valence-electron chi connectivity index (χ0n) is 17.1. The molecule has 4 rings (SSSR count). The average molecular weight is 401 g/mol. The molecule has 1 aromatic heterocycles. The highest BCUT2D eigenvalue weighted by molar-refractivity contribution is 5.78. The van der Waals surface area contributed by atoms with E-state index in [1.807, 2.05) is 17.0 Å². The number of likely N-dealkylation sites (tertiary alicyclic amines) is 1. The van der Waals surface area contributed by atoms with Gasteiger partial charge in [-0.3, -0.25) is 19.5 Å². The number of carbonyl (C=O) groups excluding carboxylic acids is 2. The van der Waals surface area contributed by atoms with Crippen LogP contribution in [-0.2, 0) is 20.7 Å². The van der Waals surface area contributed by atoms with Gasteiger partial charge < -0.3 is 15.0 Å². The monoisotopic (exact) mass is 400 g/mol. The van der Waals surface area contributed by atoms with Crippen LogP contribution < -0.4 is 5.32 Å². The van der Waals surface area contributed by atoms with Crippen LogP contribution in [0.4, 0.5) is 0 Å². The van der Waals surface area contributed by atoms with E-state index in [-0.39, 0.29) is 11.8 Å². The fourth-order valence-corrected chi connectivity index (χ4v) is 4.48. The van der Waals surface area contributed by atoms with Crippen LogP contribution >= 0.6 is 0 Å². The maximum atomic E-state index is 12.7. The fourth-order valence-electron chi connectivity index (χ4n) is 4.48. The lowest BCUT2D eigenvalue weighted by Gasteiger charge is -2.33. The van der Waals surface area contributed by atoms with Gasteiger partial charge in [-0.25, -0.2) is 0 Å². The van der Waals surface area contributed by atoms with E-state index in [2.05, 4.69) is 15.2 Å². The van der Waals surface area contributed by atoms with E-state index >= 15 is 0 Å². The molecule has 0 bridgehead atoms. The molecule has 7 nitrogen and oxygen atoms in total. The summed E-state index contributed by atoms with van der Waals surface area (Å²) in [5, 5.41) is 3.11. The molecule has 2 saturated heterocycles. The number of nitrogens with zero attached hydrogens (tertiary/aromatic N) is 3. The highest BCUT2D eigenvalue weighted by Crippen LogP contribution is 2.35. The van der Waals surface area contributed by atoms with Crippen molar-refractivity contribution < 1.29 is 14.3 Å². The van der Waals surface area contributed by atoms with Crippen LogP contribution in [-0.4, -0.2) is 78.1 Å². The molecule has 2 aliphatic heterocycles. The highest BCUT2D eigenvalue weighted by Gasteiger charge is 2.38. The van der Waals surface area contributed by atoms with Crippen LogP contribution in [0, 0.1) is 5.92 Å². The molecule has 2 amide bonds. The van der Waals surface area contributed by atoms with Crippen LogP contribution in [0.5, 0.6) is 0 Å². The van der Waals surface area contributed by atoms with Gasteiger partial charge in [-0.2, -0.15) is 0 Å². The quantitative estimate of drug-likeness (QED) is 0.711. The van der Waals surface area contributed by atoms with E-state index in [1.54, 1.807) is 12.4 Å². The first-order chi connectivity index (χ1) is 14.2. The minimum atomic E-state index is 0.0391. The van der Waals surface area contributed by atoms with Crippen LogP contribution in [0.3, 0.4) is 0 Å². The molecule has 3 aliphatic rings. The maximum Gasteiger partial charge on any atom is 0.224 e. The Hall–Kier alpha value is -1.99. The summed E-state index contributed by atoms with van der Waals surface area (Å²) in [4.78, 5) is 33.6. The number of ether oxygens (including phenoxy) is 1. The van der Waals surface area contributed by atoms with Crippen molar-refractivity contribution in [2.24, 2.45) is 5.92 Å². The number of hydrogen-bond donors (Lipinski definition) is 1. The summed E-state index contributed by atoms with van der Waals surface area (Å²) in [5.74, 6) is 1.06. The second-order valence-corrected chi connectivity index (χ2v) is 8.56. The Balaban J connectivity index is 1.29. The third kappa shape index (κ3) is 5.76. The highest BCUT2D eigenvalue weighted by atomic mass is 16.5.